The fraction of sp³-hybridized carbons (Fsp3) is 0.467. The minimum absolute atomic E-state index is 0.683. The van der Waals surface area contributed by atoms with E-state index < -0.39 is 0 Å². The Labute approximate surface area is 112 Å². The topological polar surface area (TPSA) is 42.2 Å². The maximum Gasteiger partial charge on any atom is 0.160 e. The van der Waals surface area contributed by atoms with Gasteiger partial charge in [0.05, 0.1) is 0 Å². The molecule has 1 fully saturated rings. The Balaban J connectivity index is 1.36. The van der Waals surface area contributed by atoms with Crippen molar-refractivity contribution in [3.05, 3.63) is 42.4 Å². The third-order valence-corrected chi connectivity index (χ3v) is 4.50. The van der Waals surface area contributed by atoms with Gasteiger partial charge >= 0.3 is 0 Å². The van der Waals surface area contributed by atoms with Crippen molar-refractivity contribution in [1.82, 2.24) is 19.9 Å². The molecule has 19 heavy (non-hydrogen) atoms. The van der Waals surface area contributed by atoms with Crippen molar-refractivity contribution in [3.8, 4) is 0 Å². The lowest BCUT2D eigenvalue weighted by Crippen LogP contribution is -2.48. The van der Waals surface area contributed by atoms with Gasteiger partial charge in [0, 0.05) is 25.2 Å². The summed E-state index contributed by atoms with van der Waals surface area (Å²) in [4.78, 5) is 0. The van der Waals surface area contributed by atoms with E-state index in [1.54, 1.807) is 0 Å². The molecule has 4 rings (SSSR count). The van der Waals surface area contributed by atoms with Crippen molar-refractivity contribution >= 4 is 5.65 Å². The number of fused-ring (bicyclic) bond motifs is 2. The van der Waals surface area contributed by atoms with Crippen molar-refractivity contribution < 1.29 is 0 Å². The minimum Gasteiger partial charge on any atom is -0.313 e. The van der Waals surface area contributed by atoms with Crippen LogP contribution in [0.3, 0.4) is 0 Å². The second-order valence-electron chi connectivity index (χ2n) is 5.59. The van der Waals surface area contributed by atoms with Crippen LogP contribution in [0.15, 0.2) is 36.5 Å². The molecule has 0 amide bonds. The molecule has 0 radical (unpaired) electrons. The molecule has 0 spiro atoms. The van der Waals surface area contributed by atoms with Gasteiger partial charge in [-0.15, -0.1) is 10.2 Å². The molecule has 0 bridgehead atoms. The van der Waals surface area contributed by atoms with Crippen molar-refractivity contribution in [3.63, 3.8) is 0 Å². The first kappa shape index (κ1) is 11.2. The molecule has 2 aromatic heterocycles. The maximum absolute atomic E-state index is 4.26. The number of hydrogen-bond acceptors (Lipinski definition) is 3. The average molecular weight is 254 g/mol. The van der Waals surface area contributed by atoms with Crippen molar-refractivity contribution in [2.45, 2.75) is 25.3 Å². The van der Waals surface area contributed by atoms with Gasteiger partial charge < -0.3 is 5.32 Å². The Morgan fingerprint density at radius 1 is 1.32 bits per heavy atom. The highest BCUT2D eigenvalue weighted by Crippen LogP contribution is 2.42. The molecule has 4 heteroatoms. The van der Waals surface area contributed by atoms with Gasteiger partial charge in [-0.2, -0.15) is 0 Å². The molecule has 3 atom stereocenters. The van der Waals surface area contributed by atoms with Gasteiger partial charge in [0.1, 0.15) is 5.82 Å². The van der Waals surface area contributed by atoms with Gasteiger partial charge in [-0.3, -0.25) is 4.40 Å². The number of aromatic nitrogens is 3. The summed E-state index contributed by atoms with van der Waals surface area (Å²) in [6.45, 7) is 0.984. The summed E-state index contributed by atoms with van der Waals surface area (Å²) in [5, 5.41) is 12.1. The van der Waals surface area contributed by atoms with E-state index in [1.807, 2.05) is 24.4 Å². The summed E-state index contributed by atoms with van der Waals surface area (Å²) in [5.41, 5.74) is 0.930. The van der Waals surface area contributed by atoms with Crippen LogP contribution in [-0.4, -0.2) is 27.2 Å². The molecule has 1 N–H and O–H groups in total. The smallest absolute Gasteiger partial charge is 0.160 e. The summed E-state index contributed by atoms with van der Waals surface area (Å²) in [5.74, 6) is 2.75. The molecule has 1 saturated carbocycles. The molecular formula is C15H18N4. The van der Waals surface area contributed by atoms with Crippen LogP contribution in [-0.2, 0) is 6.42 Å². The summed E-state index contributed by atoms with van der Waals surface area (Å²) >= 11 is 0. The molecule has 0 aliphatic heterocycles. The molecular weight excluding hydrogens is 236 g/mol. The van der Waals surface area contributed by atoms with Crippen LogP contribution in [0.1, 0.15) is 18.7 Å². The molecule has 98 valence electrons. The number of allylic oxidation sites excluding steroid dienone is 1. The molecule has 3 unspecified atom stereocenters. The predicted molar refractivity (Wildman–Crippen MR) is 73.8 cm³/mol. The Hall–Kier alpha value is -1.68. The number of nitrogens with one attached hydrogen (secondary N) is 1. The normalized spacial score (nSPS) is 28.5. The van der Waals surface area contributed by atoms with Crippen molar-refractivity contribution in [2.75, 3.05) is 6.54 Å². The van der Waals surface area contributed by atoms with Gasteiger partial charge in [0.25, 0.3) is 0 Å². The van der Waals surface area contributed by atoms with E-state index in [0.29, 0.717) is 6.04 Å². The van der Waals surface area contributed by atoms with Crippen LogP contribution < -0.4 is 5.32 Å². The number of rotatable bonds is 4. The second kappa shape index (κ2) is 4.46. The van der Waals surface area contributed by atoms with Gasteiger partial charge in [0.2, 0.25) is 0 Å². The average Bonchev–Trinajstić information content (AvgIpc) is 2.99. The lowest BCUT2D eigenvalue weighted by atomic mass is 9.71. The van der Waals surface area contributed by atoms with Crippen LogP contribution in [0.4, 0.5) is 0 Å². The van der Waals surface area contributed by atoms with E-state index in [4.69, 9.17) is 0 Å². The van der Waals surface area contributed by atoms with Gasteiger partial charge in [0.15, 0.2) is 5.65 Å². The fourth-order valence-electron chi connectivity index (χ4n) is 3.38. The summed E-state index contributed by atoms with van der Waals surface area (Å²) < 4.78 is 2.07. The lowest BCUT2D eigenvalue weighted by Gasteiger charge is -2.40. The van der Waals surface area contributed by atoms with E-state index in [-0.39, 0.29) is 0 Å². The monoisotopic (exact) mass is 254 g/mol. The Bertz CT molecular complexity index is 615. The minimum atomic E-state index is 0.683. The van der Waals surface area contributed by atoms with Crippen LogP contribution in [0.2, 0.25) is 0 Å². The zero-order valence-corrected chi connectivity index (χ0v) is 10.9. The third kappa shape index (κ3) is 1.87. The Morgan fingerprint density at radius 2 is 2.32 bits per heavy atom. The van der Waals surface area contributed by atoms with E-state index in [1.165, 1.54) is 12.8 Å². The SMILES string of the molecule is C1=CC2C(C1)CC2NCCc1nnc2ccccn12. The standard InChI is InChI=1S/C15H18N4/c1-2-9-19-14(6-1)17-18-15(19)7-8-16-13-10-11-4-3-5-12(11)13/h1-3,5-6,9,11-13,16H,4,7-8,10H2. The van der Waals surface area contributed by atoms with Gasteiger partial charge in [-0.1, -0.05) is 18.2 Å². The van der Waals surface area contributed by atoms with Crippen LogP contribution in [0.5, 0.6) is 0 Å². The van der Waals surface area contributed by atoms with Crippen LogP contribution in [0, 0.1) is 11.8 Å². The highest BCUT2D eigenvalue weighted by Gasteiger charge is 2.40. The zero-order valence-electron chi connectivity index (χ0n) is 10.9. The predicted octanol–water partition coefficient (Wildman–Crippen LogP) is 1.83. The lowest BCUT2D eigenvalue weighted by molar-refractivity contribution is 0.164. The first-order valence-electron chi connectivity index (χ1n) is 7.10. The largest absolute Gasteiger partial charge is 0.313 e. The van der Waals surface area contributed by atoms with E-state index in [9.17, 15) is 0 Å². The van der Waals surface area contributed by atoms with E-state index >= 15 is 0 Å². The van der Waals surface area contributed by atoms with Crippen LogP contribution in [0.25, 0.3) is 5.65 Å². The third-order valence-electron chi connectivity index (χ3n) is 4.50. The second-order valence-corrected chi connectivity index (χ2v) is 5.59. The van der Waals surface area contributed by atoms with Crippen molar-refractivity contribution in [1.29, 1.82) is 0 Å². The first-order chi connectivity index (χ1) is 9.42. The molecule has 4 nitrogen and oxygen atoms in total. The highest BCUT2D eigenvalue weighted by molar-refractivity contribution is 5.37. The molecule has 2 heterocycles. The fourth-order valence-corrected chi connectivity index (χ4v) is 3.38. The summed E-state index contributed by atoms with van der Waals surface area (Å²) in [6, 6.07) is 6.69. The Kier molecular flexibility index (Phi) is 2.62. The van der Waals surface area contributed by atoms with Crippen molar-refractivity contribution in [2.24, 2.45) is 11.8 Å². The Morgan fingerprint density at radius 3 is 3.26 bits per heavy atom. The summed E-state index contributed by atoms with van der Waals surface area (Å²) in [6.07, 6.45) is 10.3. The quantitative estimate of drug-likeness (QED) is 0.846. The highest BCUT2D eigenvalue weighted by atomic mass is 15.2. The van der Waals surface area contributed by atoms with Gasteiger partial charge in [-0.05, 0) is 36.8 Å². The molecule has 0 aromatic carbocycles. The van der Waals surface area contributed by atoms with E-state index in [2.05, 4.69) is 32.1 Å². The summed E-state index contributed by atoms with van der Waals surface area (Å²) in [7, 11) is 0. The zero-order chi connectivity index (χ0) is 12.7. The molecule has 2 aliphatic rings. The van der Waals surface area contributed by atoms with Crippen LogP contribution >= 0.6 is 0 Å². The number of nitrogens with zero attached hydrogens (tertiary/aromatic N) is 3. The number of pyridine rings is 1. The molecule has 2 aliphatic carbocycles. The van der Waals surface area contributed by atoms with Gasteiger partial charge in [-0.25, -0.2) is 0 Å². The van der Waals surface area contributed by atoms with E-state index in [0.717, 1.165) is 36.3 Å². The maximum atomic E-state index is 4.26. The molecule has 2 aromatic rings. The molecule has 0 saturated heterocycles. The first-order valence-corrected chi connectivity index (χ1v) is 7.10. The number of hydrogen-bond donors (Lipinski definition) is 1.